The zero-order chi connectivity index (χ0) is 14.2. The van der Waals surface area contributed by atoms with E-state index in [9.17, 15) is 4.79 Å². The number of benzene rings is 2. The number of rotatable bonds is 6. The third-order valence-electron chi connectivity index (χ3n) is 2.86. The van der Waals surface area contributed by atoms with Gasteiger partial charge in [0.05, 0.1) is 6.61 Å². The maximum atomic E-state index is 11.7. The van der Waals surface area contributed by atoms with Gasteiger partial charge in [0, 0.05) is 12.1 Å². The van der Waals surface area contributed by atoms with E-state index in [1.807, 2.05) is 61.5 Å². The van der Waals surface area contributed by atoms with Crippen LogP contribution >= 0.6 is 0 Å². The van der Waals surface area contributed by atoms with E-state index in [0.29, 0.717) is 19.4 Å². The molecule has 2 rings (SSSR count). The van der Waals surface area contributed by atoms with Crippen molar-refractivity contribution in [3.05, 3.63) is 60.2 Å². The molecule has 0 unspecified atom stereocenters. The molecular weight excluding hydrogens is 250 g/mol. The molecule has 104 valence electrons. The molecule has 0 fully saturated rings. The van der Waals surface area contributed by atoms with Gasteiger partial charge in [0.15, 0.2) is 0 Å². The molecule has 0 heterocycles. The molecule has 1 N–H and O–H groups in total. The van der Waals surface area contributed by atoms with Crippen LogP contribution in [-0.4, -0.2) is 12.5 Å². The Hall–Kier alpha value is -2.29. The molecule has 2 aromatic carbocycles. The summed E-state index contributed by atoms with van der Waals surface area (Å²) in [5, 5.41) is 2.86. The third-order valence-corrected chi connectivity index (χ3v) is 2.86. The summed E-state index contributed by atoms with van der Waals surface area (Å²) in [5.41, 5.74) is 2.00. The Kier molecular flexibility index (Phi) is 5.18. The lowest BCUT2D eigenvalue weighted by molar-refractivity contribution is -0.116. The monoisotopic (exact) mass is 269 g/mol. The fourth-order valence-corrected chi connectivity index (χ4v) is 1.87. The van der Waals surface area contributed by atoms with Crippen LogP contribution in [0.15, 0.2) is 54.6 Å². The van der Waals surface area contributed by atoms with E-state index in [0.717, 1.165) is 11.4 Å². The SMILES string of the molecule is Cc1cccc(OCCCC(=O)Nc2ccccc2)c1. The molecule has 0 aliphatic heterocycles. The molecular formula is C17H19NO2. The molecule has 0 spiro atoms. The van der Waals surface area contributed by atoms with Crippen LogP contribution in [0.1, 0.15) is 18.4 Å². The summed E-state index contributed by atoms with van der Waals surface area (Å²) >= 11 is 0. The van der Waals surface area contributed by atoms with E-state index in [1.54, 1.807) is 0 Å². The van der Waals surface area contributed by atoms with Crippen LogP contribution in [0.25, 0.3) is 0 Å². The average molecular weight is 269 g/mol. The second kappa shape index (κ2) is 7.34. The van der Waals surface area contributed by atoms with Crippen LogP contribution in [0.2, 0.25) is 0 Å². The van der Waals surface area contributed by atoms with Crippen molar-refractivity contribution < 1.29 is 9.53 Å². The number of para-hydroxylation sites is 1. The summed E-state index contributed by atoms with van der Waals surface area (Å²) < 4.78 is 5.61. The van der Waals surface area contributed by atoms with E-state index in [4.69, 9.17) is 4.74 Å². The molecule has 1 amide bonds. The smallest absolute Gasteiger partial charge is 0.224 e. The first kappa shape index (κ1) is 14.1. The maximum Gasteiger partial charge on any atom is 0.224 e. The standard InChI is InChI=1S/C17H19NO2/c1-14-7-5-10-16(13-14)20-12-6-11-17(19)18-15-8-3-2-4-9-15/h2-5,7-10,13H,6,11-12H2,1H3,(H,18,19). The quantitative estimate of drug-likeness (QED) is 0.810. The molecule has 0 aliphatic carbocycles. The van der Waals surface area contributed by atoms with Crippen molar-refractivity contribution in [2.75, 3.05) is 11.9 Å². The average Bonchev–Trinajstić information content (AvgIpc) is 2.45. The van der Waals surface area contributed by atoms with Gasteiger partial charge in [0.25, 0.3) is 0 Å². The van der Waals surface area contributed by atoms with Gasteiger partial charge >= 0.3 is 0 Å². The molecule has 0 saturated heterocycles. The van der Waals surface area contributed by atoms with Gasteiger partial charge in [0.1, 0.15) is 5.75 Å². The van der Waals surface area contributed by atoms with Gasteiger partial charge in [-0.2, -0.15) is 0 Å². The molecule has 20 heavy (non-hydrogen) atoms. The first-order valence-corrected chi connectivity index (χ1v) is 6.78. The highest BCUT2D eigenvalue weighted by Gasteiger charge is 2.02. The van der Waals surface area contributed by atoms with Crippen molar-refractivity contribution in [1.82, 2.24) is 0 Å². The van der Waals surface area contributed by atoms with E-state index in [1.165, 1.54) is 5.56 Å². The summed E-state index contributed by atoms with van der Waals surface area (Å²) in [5.74, 6) is 0.873. The number of aryl methyl sites for hydroxylation is 1. The number of hydrogen-bond donors (Lipinski definition) is 1. The summed E-state index contributed by atoms with van der Waals surface area (Å²) in [6, 6.07) is 17.4. The maximum absolute atomic E-state index is 11.7. The van der Waals surface area contributed by atoms with Crippen LogP contribution in [0, 0.1) is 6.92 Å². The van der Waals surface area contributed by atoms with Gasteiger partial charge in [-0.05, 0) is 43.2 Å². The number of anilines is 1. The van der Waals surface area contributed by atoms with Gasteiger partial charge in [-0.3, -0.25) is 4.79 Å². The Balaban J connectivity index is 1.67. The van der Waals surface area contributed by atoms with Crippen LogP contribution in [0.4, 0.5) is 5.69 Å². The summed E-state index contributed by atoms with van der Waals surface area (Å²) in [4.78, 5) is 11.7. The largest absolute Gasteiger partial charge is 0.494 e. The predicted octanol–water partition coefficient (Wildman–Crippen LogP) is 3.79. The fraction of sp³-hybridized carbons (Fsp3) is 0.235. The zero-order valence-corrected chi connectivity index (χ0v) is 11.6. The Morgan fingerprint density at radius 3 is 2.65 bits per heavy atom. The highest BCUT2D eigenvalue weighted by atomic mass is 16.5. The van der Waals surface area contributed by atoms with Crippen molar-refractivity contribution in [2.24, 2.45) is 0 Å². The first-order chi connectivity index (χ1) is 9.74. The molecule has 0 saturated carbocycles. The number of nitrogens with one attached hydrogen (secondary N) is 1. The topological polar surface area (TPSA) is 38.3 Å². The molecule has 3 nitrogen and oxygen atoms in total. The second-order valence-corrected chi connectivity index (χ2v) is 4.68. The minimum atomic E-state index is 0.0176. The summed E-state index contributed by atoms with van der Waals surface area (Å²) in [6.07, 6.45) is 1.16. The Labute approximate surface area is 119 Å². The molecule has 0 atom stereocenters. The lowest BCUT2D eigenvalue weighted by Gasteiger charge is -2.07. The molecule has 2 aromatic rings. The lowest BCUT2D eigenvalue weighted by atomic mass is 10.2. The van der Waals surface area contributed by atoms with Crippen molar-refractivity contribution in [3.8, 4) is 5.75 Å². The Morgan fingerprint density at radius 1 is 1.10 bits per heavy atom. The fourth-order valence-electron chi connectivity index (χ4n) is 1.87. The van der Waals surface area contributed by atoms with Crippen molar-refractivity contribution in [3.63, 3.8) is 0 Å². The van der Waals surface area contributed by atoms with E-state index < -0.39 is 0 Å². The Bertz CT molecular complexity index is 552. The number of hydrogen-bond acceptors (Lipinski definition) is 2. The van der Waals surface area contributed by atoms with Crippen molar-refractivity contribution >= 4 is 11.6 Å². The minimum absolute atomic E-state index is 0.0176. The van der Waals surface area contributed by atoms with Gasteiger partial charge in [-0.1, -0.05) is 30.3 Å². The summed E-state index contributed by atoms with van der Waals surface area (Å²) in [7, 11) is 0. The molecule has 0 radical (unpaired) electrons. The number of carbonyl (C=O) groups is 1. The molecule has 0 aromatic heterocycles. The molecule has 3 heteroatoms. The van der Waals surface area contributed by atoms with Crippen LogP contribution in [-0.2, 0) is 4.79 Å². The number of carbonyl (C=O) groups excluding carboxylic acids is 1. The van der Waals surface area contributed by atoms with E-state index in [-0.39, 0.29) is 5.91 Å². The molecule has 0 aliphatic rings. The van der Waals surface area contributed by atoms with Gasteiger partial charge in [-0.25, -0.2) is 0 Å². The normalized spacial score (nSPS) is 10.1. The zero-order valence-electron chi connectivity index (χ0n) is 11.6. The molecule has 0 bridgehead atoms. The lowest BCUT2D eigenvalue weighted by Crippen LogP contribution is -2.12. The number of amides is 1. The van der Waals surface area contributed by atoms with Gasteiger partial charge in [-0.15, -0.1) is 0 Å². The van der Waals surface area contributed by atoms with E-state index in [2.05, 4.69) is 5.32 Å². The first-order valence-electron chi connectivity index (χ1n) is 6.78. The van der Waals surface area contributed by atoms with Crippen molar-refractivity contribution in [2.45, 2.75) is 19.8 Å². The second-order valence-electron chi connectivity index (χ2n) is 4.68. The highest BCUT2D eigenvalue weighted by molar-refractivity contribution is 5.90. The summed E-state index contributed by atoms with van der Waals surface area (Å²) in [6.45, 7) is 2.58. The number of ether oxygens (including phenoxy) is 1. The van der Waals surface area contributed by atoms with Crippen LogP contribution in [0.3, 0.4) is 0 Å². The minimum Gasteiger partial charge on any atom is -0.494 e. The highest BCUT2D eigenvalue weighted by Crippen LogP contribution is 2.13. The Morgan fingerprint density at radius 2 is 1.90 bits per heavy atom. The van der Waals surface area contributed by atoms with Crippen LogP contribution in [0.5, 0.6) is 5.75 Å². The van der Waals surface area contributed by atoms with Gasteiger partial charge < -0.3 is 10.1 Å². The third kappa shape index (κ3) is 4.76. The van der Waals surface area contributed by atoms with E-state index >= 15 is 0 Å². The van der Waals surface area contributed by atoms with Crippen molar-refractivity contribution in [1.29, 1.82) is 0 Å². The predicted molar refractivity (Wildman–Crippen MR) is 81.0 cm³/mol. The van der Waals surface area contributed by atoms with Crippen LogP contribution < -0.4 is 10.1 Å². The van der Waals surface area contributed by atoms with Gasteiger partial charge in [0.2, 0.25) is 5.91 Å².